The third-order valence-corrected chi connectivity index (χ3v) is 4.60. The van der Waals surface area contributed by atoms with Gasteiger partial charge >= 0.3 is 0 Å². The highest BCUT2D eigenvalue weighted by molar-refractivity contribution is 9.10. The third kappa shape index (κ3) is 2.89. The van der Waals surface area contributed by atoms with Crippen LogP contribution in [0.5, 0.6) is 5.75 Å². The van der Waals surface area contributed by atoms with Crippen LogP contribution in [-0.4, -0.2) is 5.11 Å². The van der Waals surface area contributed by atoms with Gasteiger partial charge in [-0.25, -0.2) is 0 Å². The van der Waals surface area contributed by atoms with Crippen molar-refractivity contribution in [3.63, 3.8) is 0 Å². The van der Waals surface area contributed by atoms with Gasteiger partial charge in [-0.05, 0) is 37.0 Å². The zero-order valence-electron chi connectivity index (χ0n) is 11.4. The summed E-state index contributed by atoms with van der Waals surface area (Å²) in [6, 6.07) is 9.64. The number of aromatic hydroxyl groups is 1. The topological polar surface area (TPSA) is 62.5 Å². The molecule has 1 aliphatic rings. The molecule has 0 atom stereocenters. The van der Waals surface area contributed by atoms with Crippen LogP contribution in [0.4, 0.5) is 0 Å². The maximum atomic E-state index is 11.4. The van der Waals surface area contributed by atoms with Crippen LogP contribution in [0.25, 0.3) is 0 Å². The first-order valence-electron chi connectivity index (χ1n) is 6.91. The van der Waals surface area contributed by atoms with Gasteiger partial charge in [0.05, 0.1) is 6.54 Å². The van der Waals surface area contributed by atoms with Gasteiger partial charge in [0, 0.05) is 16.1 Å². The smallest absolute Gasteiger partial charge is 0.226 e. The van der Waals surface area contributed by atoms with Crippen molar-refractivity contribution in [3.05, 3.63) is 62.6 Å². The molecule has 5 heteroatoms. The quantitative estimate of drug-likeness (QED) is 0.888. The van der Waals surface area contributed by atoms with Crippen molar-refractivity contribution < 1.29 is 9.52 Å². The lowest BCUT2D eigenvalue weighted by Gasteiger charge is -2.43. The lowest BCUT2D eigenvalue weighted by molar-refractivity contribution is 0.178. The molecule has 1 aromatic heterocycles. The number of benzene rings is 1. The SMILES string of the molecule is O=c1cc(CNC2(c3ccc(Br)cc3)CCC2)occ1O. The molecular formula is C16H16BrNO3. The molecule has 2 N–H and O–H groups in total. The zero-order valence-corrected chi connectivity index (χ0v) is 13.0. The maximum absolute atomic E-state index is 11.4. The van der Waals surface area contributed by atoms with Gasteiger partial charge in [0.1, 0.15) is 12.0 Å². The van der Waals surface area contributed by atoms with Crippen molar-refractivity contribution in [2.45, 2.75) is 31.3 Å². The van der Waals surface area contributed by atoms with Crippen LogP contribution in [0.15, 0.2) is 50.3 Å². The molecule has 0 amide bonds. The Balaban J connectivity index is 1.76. The van der Waals surface area contributed by atoms with Crippen molar-refractivity contribution in [1.29, 1.82) is 0 Å². The van der Waals surface area contributed by atoms with Crippen LogP contribution in [0.1, 0.15) is 30.6 Å². The van der Waals surface area contributed by atoms with Crippen LogP contribution in [0, 0.1) is 0 Å². The molecule has 1 aliphatic carbocycles. The molecular weight excluding hydrogens is 334 g/mol. The molecule has 1 aromatic carbocycles. The monoisotopic (exact) mass is 349 g/mol. The minimum Gasteiger partial charge on any atom is -0.502 e. The fourth-order valence-corrected chi connectivity index (χ4v) is 2.92. The lowest BCUT2D eigenvalue weighted by Crippen LogP contribution is -2.47. The molecule has 1 heterocycles. The standard InChI is InChI=1S/C16H16BrNO3/c17-12-4-2-11(3-5-12)16(6-1-7-16)18-9-13-8-14(19)15(20)10-21-13/h2-5,8,10,18,20H,1,6-7,9H2. The Morgan fingerprint density at radius 1 is 1.29 bits per heavy atom. The minimum atomic E-state index is -0.413. The van der Waals surface area contributed by atoms with E-state index in [1.807, 2.05) is 12.1 Å². The molecule has 0 saturated heterocycles. The summed E-state index contributed by atoms with van der Waals surface area (Å²) in [7, 11) is 0. The molecule has 21 heavy (non-hydrogen) atoms. The van der Waals surface area contributed by atoms with E-state index in [1.165, 1.54) is 18.1 Å². The average molecular weight is 350 g/mol. The Kier molecular flexibility index (Phi) is 3.87. The predicted molar refractivity (Wildman–Crippen MR) is 83.2 cm³/mol. The second kappa shape index (κ2) is 5.66. The lowest BCUT2D eigenvalue weighted by atomic mass is 9.72. The summed E-state index contributed by atoms with van der Waals surface area (Å²) < 4.78 is 6.30. The fourth-order valence-electron chi connectivity index (χ4n) is 2.66. The van der Waals surface area contributed by atoms with Crippen LogP contribution < -0.4 is 10.7 Å². The second-order valence-electron chi connectivity index (χ2n) is 5.39. The molecule has 0 spiro atoms. The Bertz CT molecular complexity index is 689. The summed E-state index contributed by atoms with van der Waals surface area (Å²) >= 11 is 3.45. The maximum Gasteiger partial charge on any atom is 0.226 e. The number of rotatable bonds is 4. The molecule has 0 aliphatic heterocycles. The van der Waals surface area contributed by atoms with Gasteiger partial charge in [-0.15, -0.1) is 0 Å². The number of halogens is 1. The summed E-state index contributed by atoms with van der Waals surface area (Å²) in [6.45, 7) is 0.464. The average Bonchev–Trinajstić information content (AvgIpc) is 2.43. The van der Waals surface area contributed by atoms with E-state index >= 15 is 0 Å². The van der Waals surface area contributed by atoms with Crippen LogP contribution >= 0.6 is 15.9 Å². The van der Waals surface area contributed by atoms with E-state index in [0.29, 0.717) is 12.3 Å². The molecule has 4 nitrogen and oxygen atoms in total. The molecule has 110 valence electrons. The fraction of sp³-hybridized carbons (Fsp3) is 0.312. The van der Waals surface area contributed by atoms with Gasteiger partial charge < -0.3 is 14.8 Å². The van der Waals surface area contributed by atoms with E-state index in [4.69, 9.17) is 4.42 Å². The van der Waals surface area contributed by atoms with Gasteiger partial charge in [-0.2, -0.15) is 0 Å². The molecule has 1 saturated carbocycles. The predicted octanol–water partition coefficient (Wildman–Crippen LogP) is 3.28. The van der Waals surface area contributed by atoms with E-state index in [-0.39, 0.29) is 11.3 Å². The van der Waals surface area contributed by atoms with Crippen molar-refractivity contribution in [2.24, 2.45) is 0 Å². The van der Waals surface area contributed by atoms with Crippen LogP contribution in [-0.2, 0) is 12.1 Å². The van der Waals surface area contributed by atoms with E-state index in [2.05, 4.69) is 33.4 Å². The summed E-state index contributed by atoms with van der Waals surface area (Å²) in [5, 5.41) is 12.7. The van der Waals surface area contributed by atoms with E-state index in [1.54, 1.807) is 0 Å². The van der Waals surface area contributed by atoms with Gasteiger partial charge in [-0.3, -0.25) is 4.79 Å². The third-order valence-electron chi connectivity index (χ3n) is 4.07. The highest BCUT2D eigenvalue weighted by Crippen LogP contribution is 2.41. The van der Waals surface area contributed by atoms with E-state index in [0.717, 1.165) is 23.6 Å². The molecule has 3 rings (SSSR count). The van der Waals surface area contributed by atoms with E-state index < -0.39 is 5.43 Å². The Labute approximate surface area is 130 Å². The van der Waals surface area contributed by atoms with E-state index in [9.17, 15) is 9.90 Å². The summed E-state index contributed by atoms with van der Waals surface area (Å²) in [6.07, 6.45) is 4.41. The van der Waals surface area contributed by atoms with Crippen LogP contribution in [0.3, 0.4) is 0 Å². The first-order valence-corrected chi connectivity index (χ1v) is 7.70. The highest BCUT2D eigenvalue weighted by Gasteiger charge is 2.38. The summed E-state index contributed by atoms with van der Waals surface area (Å²) in [5.74, 6) is 0.172. The first-order chi connectivity index (χ1) is 10.1. The molecule has 0 bridgehead atoms. The van der Waals surface area contributed by atoms with Crippen molar-refractivity contribution in [2.75, 3.05) is 0 Å². The Morgan fingerprint density at radius 2 is 2.00 bits per heavy atom. The Morgan fingerprint density at radius 3 is 2.57 bits per heavy atom. The van der Waals surface area contributed by atoms with Gasteiger partial charge in [0.25, 0.3) is 0 Å². The van der Waals surface area contributed by atoms with Crippen LogP contribution in [0.2, 0.25) is 0 Å². The summed E-state index contributed by atoms with van der Waals surface area (Å²) in [4.78, 5) is 11.4. The highest BCUT2D eigenvalue weighted by atomic mass is 79.9. The van der Waals surface area contributed by atoms with Gasteiger partial charge in [-0.1, -0.05) is 28.1 Å². The largest absolute Gasteiger partial charge is 0.502 e. The van der Waals surface area contributed by atoms with Crippen molar-refractivity contribution in [1.82, 2.24) is 5.32 Å². The normalized spacial score (nSPS) is 16.4. The first kappa shape index (κ1) is 14.4. The van der Waals surface area contributed by atoms with Crippen molar-refractivity contribution in [3.8, 4) is 5.75 Å². The molecule has 2 aromatic rings. The number of hydrogen-bond donors (Lipinski definition) is 2. The number of nitrogens with one attached hydrogen (secondary N) is 1. The van der Waals surface area contributed by atoms with Gasteiger partial charge in [0.15, 0.2) is 5.75 Å². The molecule has 0 unspecified atom stereocenters. The summed E-state index contributed by atoms with van der Waals surface area (Å²) in [5.41, 5.74) is 0.791. The Hall–Kier alpha value is -1.59. The zero-order chi connectivity index (χ0) is 14.9. The second-order valence-corrected chi connectivity index (χ2v) is 6.31. The minimum absolute atomic E-state index is 0.0445. The number of hydrogen-bond acceptors (Lipinski definition) is 4. The molecule has 1 fully saturated rings. The van der Waals surface area contributed by atoms with Crippen molar-refractivity contribution >= 4 is 15.9 Å². The molecule has 0 radical (unpaired) electrons. The van der Waals surface area contributed by atoms with Gasteiger partial charge in [0.2, 0.25) is 5.43 Å².